The Kier molecular flexibility index (Phi) is 4.97. The molecule has 7 heteroatoms. The molecule has 0 radical (unpaired) electrons. The zero-order valence-corrected chi connectivity index (χ0v) is 18.7. The summed E-state index contributed by atoms with van der Waals surface area (Å²) in [7, 11) is 0. The molecule has 1 aliphatic heterocycles. The maximum Gasteiger partial charge on any atom is 0.214 e. The molecule has 0 aliphatic carbocycles. The first-order chi connectivity index (χ1) is 16.3. The van der Waals surface area contributed by atoms with Crippen molar-refractivity contribution in [3.8, 4) is 11.1 Å². The smallest absolute Gasteiger partial charge is 0.214 e. The van der Waals surface area contributed by atoms with Crippen LogP contribution in [0, 0.1) is 0 Å². The Morgan fingerprint density at radius 3 is 2.42 bits per heavy atom. The number of fused-ring (bicyclic) bond motifs is 2. The fourth-order valence-corrected chi connectivity index (χ4v) is 4.99. The maximum atomic E-state index is 4.46. The van der Waals surface area contributed by atoms with Crippen molar-refractivity contribution in [3.05, 3.63) is 107 Å². The zero-order valence-electron chi connectivity index (χ0n) is 17.9. The van der Waals surface area contributed by atoms with Crippen LogP contribution in [0.2, 0.25) is 0 Å². The van der Waals surface area contributed by atoms with Gasteiger partial charge >= 0.3 is 0 Å². The van der Waals surface area contributed by atoms with E-state index in [1.807, 2.05) is 16.8 Å². The van der Waals surface area contributed by atoms with Crippen LogP contribution in [0.5, 0.6) is 0 Å². The predicted octanol–water partition coefficient (Wildman–Crippen LogP) is 4.60. The maximum absolute atomic E-state index is 4.46. The van der Waals surface area contributed by atoms with Gasteiger partial charge in [0.2, 0.25) is 11.0 Å². The number of hydrogen-bond acceptors (Lipinski definition) is 4. The van der Waals surface area contributed by atoms with Gasteiger partial charge in [0.15, 0.2) is 6.04 Å². The van der Waals surface area contributed by atoms with Crippen LogP contribution in [0.1, 0.15) is 23.0 Å². The van der Waals surface area contributed by atoms with E-state index in [4.69, 9.17) is 0 Å². The third-order valence-electron chi connectivity index (χ3n) is 5.98. The van der Waals surface area contributed by atoms with E-state index in [0.717, 1.165) is 34.2 Å². The number of H-pyrrole nitrogens is 1. The molecular formula is C26H23N6S+. The number of nitrogens with zero attached hydrogens (tertiary/aromatic N) is 3. The van der Waals surface area contributed by atoms with Crippen molar-refractivity contribution >= 4 is 28.4 Å². The monoisotopic (exact) mass is 451 g/mol. The van der Waals surface area contributed by atoms with E-state index in [-0.39, 0.29) is 6.04 Å². The number of benzene rings is 3. The third kappa shape index (κ3) is 3.71. The first-order valence-electron chi connectivity index (χ1n) is 10.9. The SMILES string of the molecule is [NH3+][C@@H](Cc1c[nH]c2ccccc12)c1nnc2n1NC(c1ccc(-c3ccccc3)cc1)=CS2. The molecule has 3 aromatic carbocycles. The topological polar surface area (TPSA) is 86.2 Å². The minimum absolute atomic E-state index is 0.0432. The summed E-state index contributed by atoms with van der Waals surface area (Å²) in [5.41, 5.74) is 14.8. The summed E-state index contributed by atoms with van der Waals surface area (Å²) in [5, 5.41) is 13.0. The lowest BCUT2D eigenvalue weighted by Gasteiger charge is -2.20. The predicted molar refractivity (Wildman–Crippen MR) is 133 cm³/mol. The highest BCUT2D eigenvalue weighted by molar-refractivity contribution is 8.02. The van der Waals surface area contributed by atoms with Gasteiger partial charge in [-0.15, -0.1) is 10.2 Å². The molecule has 162 valence electrons. The fraction of sp³-hybridized carbons (Fsp3) is 0.0769. The van der Waals surface area contributed by atoms with Crippen molar-refractivity contribution in [1.29, 1.82) is 0 Å². The number of hydrogen-bond donors (Lipinski definition) is 3. The standard InChI is InChI=1S/C26H22N6S/c27-22(14-20-15-28-23-9-5-4-8-21(20)23)25-29-30-26-32(25)31-24(16-33-26)19-12-10-18(11-13-19)17-6-2-1-3-7-17/h1-13,15-16,22,28,31H,14,27H2/p+1/t22-/m0/s1. The normalized spacial score (nSPS) is 13.9. The number of nitrogens with one attached hydrogen (secondary N) is 2. The van der Waals surface area contributed by atoms with Gasteiger partial charge in [-0.1, -0.05) is 84.6 Å². The molecule has 5 aromatic rings. The quantitative estimate of drug-likeness (QED) is 0.365. The molecule has 5 N–H and O–H groups in total. The van der Waals surface area contributed by atoms with Crippen LogP contribution in [-0.4, -0.2) is 19.9 Å². The van der Waals surface area contributed by atoms with Crippen molar-refractivity contribution in [2.24, 2.45) is 0 Å². The summed E-state index contributed by atoms with van der Waals surface area (Å²) in [4.78, 5) is 3.35. The number of aromatic amines is 1. The first kappa shape index (κ1) is 19.8. The molecule has 0 saturated carbocycles. The Bertz CT molecular complexity index is 1450. The van der Waals surface area contributed by atoms with Crippen LogP contribution in [0.15, 0.2) is 95.6 Å². The second kappa shape index (κ2) is 8.27. The fourth-order valence-electron chi connectivity index (χ4n) is 4.25. The van der Waals surface area contributed by atoms with E-state index >= 15 is 0 Å². The molecule has 0 fully saturated rings. The highest BCUT2D eigenvalue weighted by Gasteiger charge is 2.25. The molecule has 2 aromatic heterocycles. The first-order valence-corrected chi connectivity index (χ1v) is 11.8. The summed E-state index contributed by atoms with van der Waals surface area (Å²) in [6.45, 7) is 0. The second-order valence-corrected chi connectivity index (χ2v) is 8.98. The Labute approximate surface area is 195 Å². The highest BCUT2D eigenvalue weighted by Crippen LogP contribution is 2.31. The van der Waals surface area contributed by atoms with E-state index in [2.05, 4.69) is 105 Å². The molecule has 1 aliphatic rings. The van der Waals surface area contributed by atoms with Gasteiger partial charge in [0, 0.05) is 28.9 Å². The Hall–Kier alpha value is -3.81. The zero-order chi connectivity index (χ0) is 22.2. The summed E-state index contributed by atoms with van der Waals surface area (Å²) < 4.78 is 1.97. The average Bonchev–Trinajstić information content (AvgIpc) is 3.49. The lowest BCUT2D eigenvalue weighted by atomic mass is 10.0. The number of quaternary nitrogens is 1. The van der Waals surface area contributed by atoms with Gasteiger partial charge < -0.3 is 10.7 Å². The molecule has 0 saturated heterocycles. The second-order valence-electron chi connectivity index (χ2n) is 8.14. The van der Waals surface area contributed by atoms with Gasteiger partial charge in [-0.25, -0.2) is 4.68 Å². The molecule has 0 bridgehead atoms. The minimum atomic E-state index is -0.0432. The van der Waals surface area contributed by atoms with Crippen LogP contribution in [0.4, 0.5) is 0 Å². The molecule has 0 unspecified atom stereocenters. The molecule has 6 rings (SSSR count). The largest absolute Gasteiger partial charge is 0.361 e. The lowest BCUT2D eigenvalue weighted by Crippen LogP contribution is -2.56. The van der Waals surface area contributed by atoms with Gasteiger partial charge in [0.1, 0.15) is 0 Å². The Balaban J connectivity index is 1.23. The Morgan fingerprint density at radius 1 is 0.848 bits per heavy atom. The average molecular weight is 452 g/mol. The van der Waals surface area contributed by atoms with Crippen molar-refractivity contribution < 1.29 is 5.73 Å². The third-order valence-corrected chi connectivity index (χ3v) is 6.81. The van der Waals surface area contributed by atoms with Gasteiger partial charge in [-0.3, -0.25) is 5.43 Å². The van der Waals surface area contributed by atoms with Crippen LogP contribution >= 0.6 is 11.8 Å². The van der Waals surface area contributed by atoms with E-state index in [9.17, 15) is 0 Å². The number of aromatic nitrogens is 4. The van der Waals surface area contributed by atoms with Crippen molar-refractivity contribution in [2.75, 3.05) is 5.43 Å². The lowest BCUT2D eigenvalue weighted by molar-refractivity contribution is -0.428. The van der Waals surface area contributed by atoms with E-state index in [1.54, 1.807) is 11.8 Å². The Morgan fingerprint density at radius 2 is 1.58 bits per heavy atom. The summed E-state index contributed by atoms with van der Waals surface area (Å²) in [5.74, 6) is 0.828. The van der Waals surface area contributed by atoms with E-state index in [1.165, 1.54) is 22.1 Å². The van der Waals surface area contributed by atoms with E-state index in [0.29, 0.717) is 0 Å². The van der Waals surface area contributed by atoms with Gasteiger partial charge in [0.25, 0.3) is 0 Å². The number of thioether (sulfide) groups is 1. The van der Waals surface area contributed by atoms with Crippen LogP contribution in [0.25, 0.3) is 27.7 Å². The van der Waals surface area contributed by atoms with Crippen LogP contribution in [0.3, 0.4) is 0 Å². The summed E-state index contributed by atoms with van der Waals surface area (Å²) >= 11 is 1.57. The van der Waals surface area contributed by atoms with Gasteiger partial charge in [0.05, 0.1) is 5.70 Å². The molecular weight excluding hydrogens is 428 g/mol. The molecule has 6 nitrogen and oxygen atoms in total. The van der Waals surface area contributed by atoms with Gasteiger partial charge in [-0.2, -0.15) is 0 Å². The number of para-hydroxylation sites is 1. The summed E-state index contributed by atoms with van der Waals surface area (Å²) in [6.07, 6.45) is 2.84. The van der Waals surface area contributed by atoms with Crippen molar-refractivity contribution in [3.63, 3.8) is 0 Å². The number of rotatable bonds is 5. The van der Waals surface area contributed by atoms with Crippen LogP contribution < -0.4 is 11.2 Å². The highest BCUT2D eigenvalue weighted by atomic mass is 32.2. The molecule has 0 spiro atoms. The molecule has 3 heterocycles. The minimum Gasteiger partial charge on any atom is -0.361 e. The molecule has 1 atom stereocenters. The van der Waals surface area contributed by atoms with Gasteiger partial charge in [-0.05, 0) is 28.3 Å². The van der Waals surface area contributed by atoms with E-state index < -0.39 is 0 Å². The molecule has 33 heavy (non-hydrogen) atoms. The van der Waals surface area contributed by atoms with Crippen molar-refractivity contribution in [2.45, 2.75) is 17.6 Å². The summed E-state index contributed by atoms with van der Waals surface area (Å²) in [6, 6.07) is 27.3. The molecule has 0 amide bonds. The van der Waals surface area contributed by atoms with Crippen LogP contribution in [-0.2, 0) is 6.42 Å². The van der Waals surface area contributed by atoms with Crippen molar-refractivity contribution in [1.82, 2.24) is 19.9 Å².